The van der Waals surface area contributed by atoms with Crippen LogP contribution in [0.5, 0.6) is 0 Å². The van der Waals surface area contributed by atoms with Gasteiger partial charge >= 0.3 is 0 Å². The molecule has 2 aliphatic carbocycles. The van der Waals surface area contributed by atoms with Crippen LogP contribution in [0.2, 0.25) is 13.1 Å². The van der Waals surface area contributed by atoms with Crippen molar-refractivity contribution < 1.29 is 0 Å². The second-order valence-electron chi connectivity index (χ2n) is 9.12. The fraction of sp³-hybridized carbons (Fsp3) is 0.231. The first-order chi connectivity index (χ1) is 13.8. The van der Waals surface area contributed by atoms with Gasteiger partial charge < -0.3 is 0 Å². The summed E-state index contributed by atoms with van der Waals surface area (Å²) in [5, 5.41) is 0. The largest absolute Gasteiger partial charge is 0.0726 e. The van der Waals surface area contributed by atoms with Gasteiger partial charge in [-0.05, 0) is 77.1 Å². The van der Waals surface area contributed by atoms with E-state index in [4.69, 9.17) is 0 Å². The van der Waals surface area contributed by atoms with Crippen molar-refractivity contribution in [3.05, 3.63) is 96.9 Å². The summed E-state index contributed by atoms with van der Waals surface area (Å²) < 4.78 is 2.35. The molecule has 0 nitrogen and oxygen atoms in total. The van der Waals surface area contributed by atoms with Gasteiger partial charge in [-0.15, -0.1) is 0 Å². The van der Waals surface area contributed by atoms with Crippen molar-refractivity contribution in [2.24, 2.45) is 0 Å². The van der Waals surface area contributed by atoms with Gasteiger partial charge in [-0.2, -0.15) is 0 Å². The Labute approximate surface area is 191 Å². The highest BCUT2D eigenvalue weighted by Crippen LogP contribution is 2.56. The molecule has 29 heavy (non-hydrogen) atoms. The Kier molecular flexibility index (Phi) is 4.58. The minimum Gasteiger partial charge on any atom is -0.0679 e. The van der Waals surface area contributed by atoms with Crippen LogP contribution in [0.25, 0.3) is 17.2 Å². The predicted molar refractivity (Wildman–Crippen MR) is 134 cm³/mol. The van der Waals surface area contributed by atoms with Gasteiger partial charge in [-0.25, -0.2) is 0 Å². The van der Waals surface area contributed by atoms with Crippen molar-refractivity contribution in [1.29, 1.82) is 0 Å². The summed E-state index contributed by atoms with van der Waals surface area (Å²) in [6.45, 7) is 9.78. The summed E-state index contributed by atoms with van der Waals surface area (Å²) >= 11 is 7.49. The maximum atomic E-state index is 3.74. The summed E-state index contributed by atoms with van der Waals surface area (Å²) in [4.78, 5) is 0. The standard InChI is InChI=1S/C26H24Br2Si/c1-15-6-5-7-21-22(15)12-16(2)25(21)29(3,4)26-23-13-17(27)8-10-19(23)20-11-9-18(28)14-24(20)26/h5-14,25-26H,1-4H3. The average Bonchev–Trinajstić information content (AvgIpc) is 3.16. The maximum Gasteiger partial charge on any atom is 0.0726 e. The van der Waals surface area contributed by atoms with Gasteiger partial charge in [-0.3, -0.25) is 0 Å². The van der Waals surface area contributed by atoms with Gasteiger partial charge in [-0.1, -0.05) is 86.9 Å². The molecule has 0 fully saturated rings. The highest BCUT2D eigenvalue weighted by atomic mass is 79.9. The minimum atomic E-state index is -1.83. The number of benzene rings is 3. The van der Waals surface area contributed by atoms with E-state index in [2.05, 4.69) is 119 Å². The Bertz CT molecular complexity index is 1140. The molecule has 0 spiro atoms. The fourth-order valence-corrected chi connectivity index (χ4v) is 11.3. The van der Waals surface area contributed by atoms with Crippen LogP contribution in [0.15, 0.2) is 69.1 Å². The molecule has 3 heteroatoms. The highest BCUT2D eigenvalue weighted by molar-refractivity contribution is 9.10. The average molecular weight is 524 g/mol. The van der Waals surface area contributed by atoms with Crippen molar-refractivity contribution in [3.8, 4) is 11.1 Å². The molecule has 0 N–H and O–H groups in total. The summed E-state index contributed by atoms with van der Waals surface area (Å²) in [5.41, 5.74) is 12.8. The van der Waals surface area contributed by atoms with Crippen molar-refractivity contribution >= 4 is 46.0 Å². The lowest BCUT2D eigenvalue weighted by molar-refractivity contribution is 0.984. The Morgan fingerprint density at radius 1 is 0.724 bits per heavy atom. The Hall–Kier alpha value is -1.42. The number of hydrogen-bond acceptors (Lipinski definition) is 0. The molecule has 0 aromatic heterocycles. The lowest BCUT2D eigenvalue weighted by atomic mass is 10.0. The SMILES string of the molecule is CC1=Cc2c(C)cccc2C1[Si](C)(C)C1c2cc(Br)ccc2-c2ccc(Br)cc21. The molecule has 0 heterocycles. The zero-order valence-electron chi connectivity index (χ0n) is 17.2. The molecular weight excluding hydrogens is 500 g/mol. The summed E-state index contributed by atoms with van der Waals surface area (Å²) in [5.74, 6) is 0. The molecule has 0 radical (unpaired) electrons. The van der Waals surface area contributed by atoms with E-state index in [0.29, 0.717) is 11.1 Å². The number of fused-ring (bicyclic) bond motifs is 4. The van der Waals surface area contributed by atoms with E-state index in [1.165, 1.54) is 47.9 Å². The summed E-state index contributed by atoms with van der Waals surface area (Å²) in [7, 11) is -1.83. The number of hydrogen-bond donors (Lipinski definition) is 0. The second kappa shape index (κ2) is 6.80. The van der Waals surface area contributed by atoms with Gasteiger partial charge in [0.2, 0.25) is 0 Å². The molecule has 1 unspecified atom stereocenters. The first-order valence-corrected chi connectivity index (χ1v) is 14.9. The lowest BCUT2D eigenvalue weighted by Gasteiger charge is -2.38. The van der Waals surface area contributed by atoms with Crippen molar-refractivity contribution in [3.63, 3.8) is 0 Å². The Balaban J connectivity index is 1.74. The zero-order valence-corrected chi connectivity index (χ0v) is 21.4. The van der Waals surface area contributed by atoms with E-state index in [0.717, 1.165) is 0 Å². The number of allylic oxidation sites excluding steroid dienone is 1. The highest BCUT2D eigenvalue weighted by Gasteiger charge is 2.48. The molecule has 0 saturated carbocycles. The third kappa shape index (κ3) is 2.89. The molecule has 1 atom stereocenters. The number of rotatable bonds is 2. The molecule has 2 aliphatic rings. The monoisotopic (exact) mass is 522 g/mol. The van der Waals surface area contributed by atoms with Crippen LogP contribution in [0, 0.1) is 6.92 Å². The van der Waals surface area contributed by atoms with Crippen molar-refractivity contribution in [1.82, 2.24) is 0 Å². The molecule has 146 valence electrons. The molecule has 3 aromatic rings. The van der Waals surface area contributed by atoms with Gasteiger partial charge in [0, 0.05) is 20.0 Å². The molecule has 0 aliphatic heterocycles. The second-order valence-corrected chi connectivity index (χ2v) is 15.7. The Morgan fingerprint density at radius 3 is 1.90 bits per heavy atom. The van der Waals surface area contributed by atoms with E-state index in [1.807, 2.05) is 0 Å². The van der Waals surface area contributed by atoms with Crippen LogP contribution in [-0.2, 0) is 0 Å². The summed E-state index contributed by atoms with van der Waals surface area (Å²) in [6, 6.07) is 20.5. The smallest absolute Gasteiger partial charge is 0.0679 e. The molecule has 3 aromatic carbocycles. The van der Waals surface area contributed by atoms with Gasteiger partial charge in [0.25, 0.3) is 0 Å². The molecule has 0 bridgehead atoms. The van der Waals surface area contributed by atoms with Gasteiger partial charge in [0.15, 0.2) is 0 Å². The van der Waals surface area contributed by atoms with Crippen molar-refractivity contribution in [2.75, 3.05) is 0 Å². The van der Waals surface area contributed by atoms with Crippen LogP contribution in [-0.4, -0.2) is 8.07 Å². The topological polar surface area (TPSA) is 0 Å². The predicted octanol–water partition coefficient (Wildman–Crippen LogP) is 8.62. The van der Waals surface area contributed by atoms with E-state index in [9.17, 15) is 0 Å². The Morgan fingerprint density at radius 2 is 1.31 bits per heavy atom. The van der Waals surface area contributed by atoms with E-state index >= 15 is 0 Å². The van der Waals surface area contributed by atoms with Crippen LogP contribution in [0.4, 0.5) is 0 Å². The normalized spacial score (nSPS) is 17.7. The molecule has 5 rings (SSSR count). The van der Waals surface area contributed by atoms with Crippen LogP contribution < -0.4 is 0 Å². The van der Waals surface area contributed by atoms with E-state index < -0.39 is 8.07 Å². The van der Waals surface area contributed by atoms with Gasteiger partial charge in [0.05, 0.1) is 8.07 Å². The summed E-state index contributed by atoms with van der Waals surface area (Å²) in [6.07, 6.45) is 2.45. The minimum absolute atomic E-state index is 0.474. The zero-order chi connectivity index (χ0) is 20.5. The van der Waals surface area contributed by atoms with Gasteiger partial charge in [0.1, 0.15) is 0 Å². The van der Waals surface area contributed by atoms with E-state index in [-0.39, 0.29) is 0 Å². The number of aryl methyl sites for hydroxylation is 1. The maximum absolute atomic E-state index is 3.74. The lowest BCUT2D eigenvalue weighted by Crippen LogP contribution is -2.42. The first-order valence-electron chi connectivity index (χ1n) is 10.2. The first kappa shape index (κ1) is 19.5. The third-order valence-corrected chi connectivity index (χ3v) is 12.3. The fourth-order valence-electron chi connectivity index (χ4n) is 5.87. The molecule has 0 saturated heterocycles. The van der Waals surface area contributed by atoms with Crippen LogP contribution in [0.1, 0.15) is 45.8 Å². The molecular formula is C26H24Br2Si. The molecule has 0 amide bonds. The third-order valence-electron chi connectivity index (χ3n) is 6.92. The quantitative estimate of drug-likeness (QED) is 0.295. The van der Waals surface area contributed by atoms with Crippen LogP contribution in [0.3, 0.4) is 0 Å². The van der Waals surface area contributed by atoms with Crippen molar-refractivity contribution in [2.45, 2.75) is 38.0 Å². The van der Waals surface area contributed by atoms with Crippen LogP contribution >= 0.6 is 31.9 Å². The van der Waals surface area contributed by atoms with E-state index in [1.54, 1.807) is 5.56 Å². The number of halogens is 2.